The molecule has 0 atom stereocenters. The van der Waals surface area contributed by atoms with E-state index in [2.05, 4.69) is 46.8 Å². The Kier molecular flexibility index (Phi) is 6.39. The molecule has 3 aromatic rings. The zero-order valence-electron chi connectivity index (χ0n) is 16.6. The number of hydrazone groups is 1. The Bertz CT molecular complexity index is 1030. The number of amides is 1. The van der Waals surface area contributed by atoms with E-state index in [1.54, 1.807) is 12.3 Å². The van der Waals surface area contributed by atoms with Gasteiger partial charge in [-0.3, -0.25) is 9.48 Å². The minimum Gasteiger partial charge on any atom is -0.484 e. The maximum Gasteiger partial charge on any atom is 0.277 e. The average Bonchev–Trinajstić information content (AvgIpc) is 2.95. The highest BCUT2D eigenvalue weighted by atomic mass is 19.1. The molecular formula is C22H23FN4O2. The monoisotopic (exact) mass is 394 g/mol. The number of halogens is 1. The van der Waals surface area contributed by atoms with Crippen molar-refractivity contribution in [2.45, 2.75) is 27.3 Å². The van der Waals surface area contributed by atoms with Gasteiger partial charge in [0, 0.05) is 17.3 Å². The number of aryl methyl sites for hydroxylation is 2. The van der Waals surface area contributed by atoms with Crippen LogP contribution in [0.1, 0.15) is 28.1 Å². The third-order valence-corrected chi connectivity index (χ3v) is 4.44. The maximum atomic E-state index is 13.1. The first-order chi connectivity index (χ1) is 13.9. The molecule has 1 amide bonds. The summed E-state index contributed by atoms with van der Waals surface area (Å²) in [4.78, 5) is 11.9. The Morgan fingerprint density at radius 2 is 1.97 bits per heavy atom. The van der Waals surface area contributed by atoms with Gasteiger partial charge < -0.3 is 4.74 Å². The molecule has 1 N–H and O–H groups in total. The maximum absolute atomic E-state index is 13.1. The second-order valence-electron chi connectivity index (χ2n) is 6.77. The van der Waals surface area contributed by atoms with Gasteiger partial charge in [-0.25, -0.2) is 9.82 Å². The number of hydrogen-bond acceptors (Lipinski definition) is 4. The molecule has 3 rings (SSSR count). The molecule has 29 heavy (non-hydrogen) atoms. The lowest BCUT2D eigenvalue weighted by molar-refractivity contribution is -0.123. The lowest BCUT2D eigenvalue weighted by Crippen LogP contribution is -2.24. The van der Waals surface area contributed by atoms with Gasteiger partial charge in [0.1, 0.15) is 11.6 Å². The summed E-state index contributed by atoms with van der Waals surface area (Å²) in [5.74, 6) is -0.574. The summed E-state index contributed by atoms with van der Waals surface area (Å²) >= 11 is 0. The Morgan fingerprint density at radius 3 is 2.69 bits per heavy atom. The van der Waals surface area contributed by atoms with E-state index in [1.807, 2.05) is 18.5 Å². The summed E-state index contributed by atoms with van der Waals surface area (Å²) in [5.41, 5.74) is 7.41. The summed E-state index contributed by atoms with van der Waals surface area (Å²) in [6.07, 6.45) is 1.57. The van der Waals surface area contributed by atoms with Crippen molar-refractivity contribution in [3.05, 3.63) is 82.4 Å². The second kappa shape index (κ2) is 9.14. The predicted molar refractivity (Wildman–Crippen MR) is 110 cm³/mol. The van der Waals surface area contributed by atoms with Crippen LogP contribution in [0.25, 0.3) is 0 Å². The van der Waals surface area contributed by atoms with Crippen molar-refractivity contribution in [1.29, 1.82) is 0 Å². The fourth-order valence-corrected chi connectivity index (χ4v) is 2.82. The highest BCUT2D eigenvalue weighted by Gasteiger charge is 2.10. The van der Waals surface area contributed by atoms with Crippen LogP contribution < -0.4 is 10.2 Å². The summed E-state index contributed by atoms with van der Waals surface area (Å²) in [7, 11) is 0. The molecule has 0 saturated carbocycles. The topological polar surface area (TPSA) is 68.5 Å². The van der Waals surface area contributed by atoms with Gasteiger partial charge in [-0.15, -0.1) is 0 Å². The Morgan fingerprint density at radius 1 is 1.21 bits per heavy atom. The van der Waals surface area contributed by atoms with E-state index in [-0.39, 0.29) is 12.4 Å². The van der Waals surface area contributed by atoms with Gasteiger partial charge in [0.05, 0.1) is 18.5 Å². The highest BCUT2D eigenvalue weighted by Crippen LogP contribution is 2.14. The van der Waals surface area contributed by atoms with Gasteiger partial charge in [-0.1, -0.05) is 35.9 Å². The van der Waals surface area contributed by atoms with Crippen LogP contribution in [0.3, 0.4) is 0 Å². The van der Waals surface area contributed by atoms with Crippen LogP contribution in [-0.4, -0.2) is 28.5 Å². The normalized spacial score (nSPS) is 11.0. The molecule has 0 radical (unpaired) electrons. The molecule has 2 aromatic carbocycles. The Balaban J connectivity index is 1.58. The van der Waals surface area contributed by atoms with Crippen molar-refractivity contribution in [2.75, 3.05) is 6.61 Å². The number of hydrogen-bond donors (Lipinski definition) is 1. The van der Waals surface area contributed by atoms with E-state index in [1.165, 1.54) is 23.8 Å². The summed E-state index contributed by atoms with van der Waals surface area (Å²) in [6, 6.07) is 13.9. The van der Waals surface area contributed by atoms with Crippen LogP contribution in [0.5, 0.6) is 5.75 Å². The van der Waals surface area contributed by atoms with E-state index in [0.29, 0.717) is 6.54 Å². The van der Waals surface area contributed by atoms with Crippen molar-refractivity contribution in [3.8, 4) is 5.75 Å². The number of nitrogens with zero attached hydrogens (tertiary/aromatic N) is 3. The smallest absolute Gasteiger partial charge is 0.277 e. The Hall–Kier alpha value is -3.48. The molecule has 7 heteroatoms. The molecule has 0 saturated heterocycles. The highest BCUT2D eigenvalue weighted by molar-refractivity contribution is 5.84. The lowest BCUT2D eigenvalue weighted by Gasteiger charge is -2.05. The summed E-state index contributed by atoms with van der Waals surface area (Å²) < 4.78 is 20.3. The minimum absolute atomic E-state index is 0.258. The van der Waals surface area contributed by atoms with Crippen LogP contribution in [0.15, 0.2) is 53.6 Å². The third-order valence-electron chi connectivity index (χ3n) is 4.44. The molecule has 0 bridgehead atoms. The first-order valence-corrected chi connectivity index (χ1v) is 9.22. The average molecular weight is 394 g/mol. The van der Waals surface area contributed by atoms with Crippen molar-refractivity contribution in [1.82, 2.24) is 15.2 Å². The fraction of sp³-hybridized carbons (Fsp3) is 0.227. The van der Waals surface area contributed by atoms with E-state index < -0.39 is 11.7 Å². The zero-order chi connectivity index (χ0) is 20.8. The van der Waals surface area contributed by atoms with Crippen LogP contribution >= 0.6 is 0 Å². The van der Waals surface area contributed by atoms with Crippen LogP contribution in [0.2, 0.25) is 0 Å². The first kappa shape index (κ1) is 20.3. The van der Waals surface area contributed by atoms with Gasteiger partial charge in [-0.2, -0.15) is 10.2 Å². The number of carbonyl (C=O) groups is 1. The van der Waals surface area contributed by atoms with Crippen LogP contribution in [0, 0.1) is 26.6 Å². The van der Waals surface area contributed by atoms with Crippen molar-refractivity contribution in [2.24, 2.45) is 5.10 Å². The van der Waals surface area contributed by atoms with E-state index in [0.717, 1.165) is 22.5 Å². The largest absolute Gasteiger partial charge is 0.484 e. The molecule has 0 aliphatic heterocycles. The molecule has 1 heterocycles. The van der Waals surface area contributed by atoms with Gasteiger partial charge in [0.2, 0.25) is 0 Å². The van der Waals surface area contributed by atoms with Gasteiger partial charge in [0.15, 0.2) is 6.61 Å². The number of nitrogens with one attached hydrogen (secondary N) is 1. The standard InChI is InChI=1S/C22H23FN4O2/c1-15-7-9-18(10-8-15)13-27-17(3)21(16(2)26-27)12-24-25-22(28)14-29-20-6-4-5-19(23)11-20/h4-12H,13-14H2,1-3H3,(H,25,28)/b24-12-. The quantitative estimate of drug-likeness (QED) is 0.492. The van der Waals surface area contributed by atoms with Crippen molar-refractivity contribution < 1.29 is 13.9 Å². The van der Waals surface area contributed by atoms with Gasteiger partial charge in [-0.05, 0) is 38.5 Å². The van der Waals surface area contributed by atoms with Crippen molar-refractivity contribution >= 4 is 12.1 Å². The molecule has 0 aliphatic rings. The number of benzene rings is 2. The van der Waals surface area contributed by atoms with Crippen LogP contribution in [0.4, 0.5) is 4.39 Å². The molecule has 0 unspecified atom stereocenters. The molecule has 1 aromatic heterocycles. The minimum atomic E-state index is -0.437. The molecule has 0 aliphatic carbocycles. The van der Waals surface area contributed by atoms with Gasteiger partial charge in [0.25, 0.3) is 5.91 Å². The van der Waals surface area contributed by atoms with E-state index in [9.17, 15) is 9.18 Å². The Labute approximate surface area is 169 Å². The molecule has 0 spiro atoms. The molecule has 0 fully saturated rings. The van der Waals surface area contributed by atoms with Crippen molar-refractivity contribution in [3.63, 3.8) is 0 Å². The number of rotatable bonds is 7. The first-order valence-electron chi connectivity index (χ1n) is 9.22. The SMILES string of the molecule is Cc1ccc(Cn2nc(C)c(/C=N\NC(=O)COc3cccc(F)c3)c2C)cc1. The predicted octanol–water partition coefficient (Wildman–Crippen LogP) is 3.52. The van der Waals surface area contributed by atoms with E-state index >= 15 is 0 Å². The van der Waals surface area contributed by atoms with Crippen LogP contribution in [-0.2, 0) is 11.3 Å². The molecule has 6 nitrogen and oxygen atoms in total. The van der Waals surface area contributed by atoms with Gasteiger partial charge >= 0.3 is 0 Å². The third kappa shape index (κ3) is 5.51. The zero-order valence-corrected chi connectivity index (χ0v) is 16.6. The molecular weight excluding hydrogens is 371 g/mol. The number of ether oxygens (including phenoxy) is 1. The summed E-state index contributed by atoms with van der Waals surface area (Å²) in [6.45, 7) is 6.32. The number of carbonyl (C=O) groups excluding carboxylic acids is 1. The summed E-state index contributed by atoms with van der Waals surface area (Å²) in [5, 5.41) is 8.56. The molecule has 150 valence electrons. The lowest BCUT2D eigenvalue weighted by atomic mass is 10.1. The second-order valence-corrected chi connectivity index (χ2v) is 6.77. The fourth-order valence-electron chi connectivity index (χ4n) is 2.82. The van der Waals surface area contributed by atoms with E-state index in [4.69, 9.17) is 4.74 Å². The number of aromatic nitrogens is 2.